The molecule has 4 nitrogen and oxygen atoms in total. The highest BCUT2D eigenvalue weighted by Crippen LogP contribution is 2.25. The van der Waals surface area contributed by atoms with Crippen molar-refractivity contribution in [2.75, 3.05) is 7.11 Å². The van der Waals surface area contributed by atoms with Crippen molar-refractivity contribution in [3.8, 4) is 0 Å². The van der Waals surface area contributed by atoms with Crippen molar-refractivity contribution in [2.24, 2.45) is 0 Å². The standard InChI is InChI=1S/C11H9F3N2O2/c1-18-11(17)6-3-2-4-7-8(6)15-5-16(7)10(14)9(12)13/h2-5,9-10H,1H3. The molecule has 1 atom stereocenters. The highest BCUT2D eigenvalue weighted by atomic mass is 19.3. The first kappa shape index (κ1) is 12.4. The molecule has 7 heteroatoms. The van der Waals surface area contributed by atoms with Gasteiger partial charge in [0.25, 0.3) is 6.43 Å². The Kier molecular flexibility index (Phi) is 3.22. The van der Waals surface area contributed by atoms with Gasteiger partial charge in [-0.05, 0) is 12.1 Å². The summed E-state index contributed by atoms with van der Waals surface area (Å²) >= 11 is 0. The maximum atomic E-state index is 13.3. The molecule has 0 amide bonds. The lowest BCUT2D eigenvalue weighted by molar-refractivity contribution is 0.0103. The molecular formula is C11H9F3N2O2. The number of para-hydroxylation sites is 1. The number of carbonyl (C=O) groups is 1. The van der Waals surface area contributed by atoms with Gasteiger partial charge in [0.05, 0.1) is 24.5 Å². The Morgan fingerprint density at radius 1 is 1.39 bits per heavy atom. The van der Waals surface area contributed by atoms with E-state index < -0.39 is 18.7 Å². The number of benzene rings is 1. The minimum atomic E-state index is -3.16. The zero-order valence-electron chi connectivity index (χ0n) is 9.31. The van der Waals surface area contributed by atoms with Gasteiger partial charge >= 0.3 is 5.97 Å². The zero-order chi connectivity index (χ0) is 13.3. The molecule has 1 heterocycles. The highest BCUT2D eigenvalue weighted by molar-refractivity contribution is 6.01. The molecule has 2 aromatic rings. The second-order valence-corrected chi connectivity index (χ2v) is 3.52. The van der Waals surface area contributed by atoms with Crippen LogP contribution in [0.4, 0.5) is 13.2 Å². The van der Waals surface area contributed by atoms with Crippen LogP contribution in [0.5, 0.6) is 0 Å². The van der Waals surface area contributed by atoms with Crippen molar-refractivity contribution >= 4 is 17.0 Å². The molecule has 1 unspecified atom stereocenters. The second-order valence-electron chi connectivity index (χ2n) is 3.52. The number of fused-ring (bicyclic) bond motifs is 1. The fourth-order valence-corrected chi connectivity index (χ4v) is 1.65. The van der Waals surface area contributed by atoms with Crippen LogP contribution in [0.1, 0.15) is 16.7 Å². The summed E-state index contributed by atoms with van der Waals surface area (Å²) in [7, 11) is 1.19. The van der Waals surface area contributed by atoms with Crippen LogP contribution in [-0.2, 0) is 4.74 Å². The smallest absolute Gasteiger partial charge is 0.340 e. The van der Waals surface area contributed by atoms with Gasteiger partial charge in [-0.3, -0.25) is 4.57 Å². The molecule has 0 aliphatic carbocycles. The predicted octanol–water partition coefficient (Wildman–Crippen LogP) is 2.56. The van der Waals surface area contributed by atoms with Gasteiger partial charge in [-0.25, -0.2) is 22.9 Å². The average Bonchev–Trinajstić information content (AvgIpc) is 2.80. The first-order chi connectivity index (χ1) is 8.56. The van der Waals surface area contributed by atoms with E-state index in [0.29, 0.717) is 4.57 Å². The molecule has 0 bridgehead atoms. The summed E-state index contributed by atoms with van der Waals surface area (Å²) in [6.07, 6.45) is -4.72. The Balaban J connectivity index is 2.58. The number of aromatic nitrogens is 2. The van der Waals surface area contributed by atoms with E-state index in [1.807, 2.05) is 0 Å². The van der Waals surface area contributed by atoms with E-state index in [9.17, 15) is 18.0 Å². The number of methoxy groups -OCH3 is 1. The highest BCUT2D eigenvalue weighted by Gasteiger charge is 2.24. The van der Waals surface area contributed by atoms with Crippen molar-refractivity contribution < 1.29 is 22.7 Å². The van der Waals surface area contributed by atoms with Gasteiger partial charge in [-0.2, -0.15) is 0 Å². The molecule has 2 rings (SSSR count). The molecule has 0 saturated carbocycles. The van der Waals surface area contributed by atoms with Crippen LogP contribution in [0.25, 0.3) is 11.0 Å². The Morgan fingerprint density at radius 3 is 2.72 bits per heavy atom. The van der Waals surface area contributed by atoms with Crippen molar-refractivity contribution in [3.05, 3.63) is 30.1 Å². The fraction of sp³-hybridized carbons (Fsp3) is 0.273. The van der Waals surface area contributed by atoms with E-state index in [2.05, 4.69) is 9.72 Å². The predicted molar refractivity (Wildman–Crippen MR) is 57.2 cm³/mol. The maximum Gasteiger partial charge on any atom is 0.340 e. The first-order valence-electron chi connectivity index (χ1n) is 5.02. The van der Waals surface area contributed by atoms with E-state index in [1.165, 1.54) is 25.3 Å². The van der Waals surface area contributed by atoms with Crippen LogP contribution < -0.4 is 0 Å². The average molecular weight is 258 g/mol. The third-order valence-corrected chi connectivity index (χ3v) is 2.48. The van der Waals surface area contributed by atoms with E-state index >= 15 is 0 Å². The molecule has 1 aromatic heterocycles. The molecular weight excluding hydrogens is 249 g/mol. The number of hydrogen-bond donors (Lipinski definition) is 0. The van der Waals surface area contributed by atoms with Crippen LogP contribution in [-0.4, -0.2) is 29.1 Å². The number of imidazole rings is 1. The largest absolute Gasteiger partial charge is 0.465 e. The summed E-state index contributed by atoms with van der Waals surface area (Å²) in [4.78, 5) is 15.2. The van der Waals surface area contributed by atoms with Gasteiger partial charge < -0.3 is 4.74 Å². The van der Waals surface area contributed by atoms with Crippen molar-refractivity contribution in [2.45, 2.75) is 12.7 Å². The van der Waals surface area contributed by atoms with Crippen LogP contribution in [0, 0.1) is 0 Å². The lowest BCUT2D eigenvalue weighted by atomic mass is 10.2. The third-order valence-electron chi connectivity index (χ3n) is 2.48. The molecule has 0 aliphatic heterocycles. The van der Waals surface area contributed by atoms with Gasteiger partial charge in [0.1, 0.15) is 5.52 Å². The lowest BCUT2D eigenvalue weighted by Gasteiger charge is -2.09. The Bertz CT molecular complexity index is 583. The van der Waals surface area contributed by atoms with E-state index in [0.717, 1.165) is 6.33 Å². The minimum Gasteiger partial charge on any atom is -0.465 e. The summed E-state index contributed by atoms with van der Waals surface area (Å²) in [6.45, 7) is 0. The van der Waals surface area contributed by atoms with Gasteiger partial charge in [0.15, 0.2) is 0 Å². The van der Waals surface area contributed by atoms with E-state index in [1.54, 1.807) is 0 Å². The maximum absolute atomic E-state index is 13.3. The first-order valence-corrected chi connectivity index (χ1v) is 5.02. The zero-order valence-corrected chi connectivity index (χ0v) is 9.31. The quantitative estimate of drug-likeness (QED) is 0.795. The topological polar surface area (TPSA) is 44.1 Å². The van der Waals surface area contributed by atoms with Gasteiger partial charge in [-0.1, -0.05) is 6.07 Å². The summed E-state index contributed by atoms with van der Waals surface area (Å²) in [5.74, 6) is -0.654. The van der Waals surface area contributed by atoms with Crippen LogP contribution in [0.15, 0.2) is 24.5 Å². The summed E-state index contributed by atoms with van der Waals surface area (Å²) < 4.78 is 43.2. The van der Waals surface area contributed by atoms with Crippen LogP contribution >= 0.6 is 0 Å². The number of ether oxygens (including phenoxy) is 1. The summed E-state index contributed by atoms with van der Waals surface area (Å²) in [5.41, 5.74) is 0.355. The van der Waals surface area contributed by atoms with E-state index in [4.69, 9.17) is 0 Å². The number of esters is 1. The Morgan fingerprint density at radius 2 is 2.11 bits per heavy atom. The Hall–Kier alpha value is -2.05. The molecule has 0 spiro atoms. The second kappa shape index (κ2) is 4.67. The van der Waals surface area contributed by atoms with E-state index in [-0.39, 0.29) is 16.6 Å². The van der Waals surface area contributed by atoms with Crippen LogP contribution in [0.3, 0.4) is 0 Å². The SMILES string of the molecule is COC(=O)c1cccc2c1ncn2C(F)C(F)F. The number of carbonyl (C=O) groups excluding carboxylic acids is 1. The molecule has 1 aromatic carbocycles. The molecule has 0 N–H and O–H groups in total. The van der Waals surface area contributed by atoms with Gasteiger partial charge in [-0.15, -0.1) is 0 Å². The van der Waals surface area contributed by atoms with Gasteiger partial charge in [0.2, 0.25) is 6.30 Å². The molecule has 0 aliphatic rings. The van der Waals surface area contributed by atoms with Crippen molar-refractivity contribution in [1.29, 1.82) is 0 Å². The number of rotatable bonds is 3. The Labute approximate surface area is 100.0 Å². The normalized spacial score (nSPS) is 12.9. The number of alkyl halides is 3. The minimum absolute atomic E-state index is 0.107. The summed E-state index contributed by atoms with van der Waals surface area (Å²) in [5, 5.41) is 0. The van der Waals surface area contributed by atoms with Crippen LogP contribution in [0.2, 0.25) is 0 Å². The van der Waals surface area contributed by atoms with Gasteiger partial charge in [0, 0.05) is 0 Å². The lowest BCUT2D eigenvalue weighted by Crippen LogP contribution is -2.11. The monoisotopic (exact) mass is 258 g/mol. The number of nitrogens with zero attached hydrogens (tertiary/aromatic N) is 2. The third kappa shape index (κ3) is 1.92. The molecule has 18 heavy (non-hydrogen) atoms. The van der Waals surface area contributed by atoms with Crippen molar-refractivity contribution in [3.63, 3.8) is 0 Å². The molecule has 0 saturated heterocycles. The molecule has 96 valence electrons. The fourth-order valence-electron chi connectivity index (χ4n) is 1.65. The molecule has 0 radical (unpaired) electrons. The number of hydrogen-bond acceptors (Lipinski definition) is 3. The summed E-state index contributed by atoms with van der Waals surface area (Å²) in [6, 6.07) is 4.29. The molecule has 0 fully saturated rings. The number of halogens is 3. The van der Waals surface area contributed by atoms with Crippen molar-refractivity contribution in [1.82, 2.24) is 9.55 Å².